The fourth-order valence-electron chi connectivity index (χ4n) is 3.74. The molecular weight excluding hydrogens is 503 g/mol. The third-order valence-electron chi connectivity index (χ3n) is 5.59. The lowest BCUT2D eigenvalue weighted by molar-refractivity contribution is -0.127. The second-order valence-electron chi connectivity index (χ2n) is 8.06. The maximum absolute atomic E-state index is 13.5. The molecule has 0 bridgehead atoms. The van der Waals surface area contributed by atoms with Crippen LogP contribution in [-0.2, 0) is 16.0 Å². The van der Waals surface area contributed by atoms with Crippen molar-refractivity contribution in [3.05, 3.63) is 101 Å². The Bertz CT molecular complexity index is 1270. The van der Waals surface area contributed by atoms with Crippen LogP contribution in [0.1, 0.15) is 22.3 Å². The Morgan fingerprint density at radius 1 is 0.972 bits per heavy atom. The first kappa shape index (κ1) is 25.3. The van der Waals surface area contributed by atoms with E-state index in [0.717, 1.165) is 5.56 Å². The van der Waals surface area contributed by atoms with Crippen molar-refractivity contribution in [1.29, 1.82) is 0 Å². The van der Waals surface area contributed by atoms with E-state index in [1.165, 1.54) is 46.3 Å². The lowest BCUT2D eigenvalue weighted by atomic mass is 10.1. The van der Waals surface area contributed by atoms with Crippen LogP contribution in [0.3, 0.4) is 0 Å². The van der Waals surface area contributed by atoms with Gasteiger partial charge in [0.05, 0.1) is 12.1 Å². The first-order chi connectivity index (χ1) is 17.3. The summed E-state index contributed by atoms with van der Waals surface area (Å²) in [6.45, 7) is 0.382. The summed E-state index contributed by atoms with van der Waals surface area (Å²) in [4.78, 5) is 40.2. The van der Waals surface area contributed by atoms with Crippen LogP contribution in [0.2, 0.25) is 5.02 Å². The lowest BCUT2D eigenvalue weighted by Crippen LogP contribution is -2.50. The molecule has 3 aromatic carbocycles. The van der Waals surface area contributed by atoms with Gasteiger partial charge in [-0.05, 0) is 72.7 Å². The second kappa shape index (κ2) is 11.3. The van der Waals surface area contributed by atoms with Crippen LogP contribution in [-0.4, -0.2) is 40.4 Å². The second-order valence-corrected chi connectivity index (χ2v) is 8.86. The summed E-state index contributed by atoms with van der Waals surface area (Å²) in [5, 5.41) is 4.45. The normalized spacial score (nSPS) is 15.2. The van der Waals surface area contributed by atoms with Gasteiger partial charge in [-0.1, -0.05) is 41.9 Å². The molecule has 1 atom stereocenters. The Kier molecular flexibility index (Phi) is 7.92. The molecule has 0 radical (unpaired) electrons. The van der Waals surface area contributed by atoms with Gasteiger partial charge in [-0.3, -0.25) is 24.7 Å². The summed E-state index contributed by atoms with van der Waals surface area (Å²) in [5.74, 6) is -1.89. The zero-order chi connectivity index (χ0) is 25.7. The molecule has 1 heterocycles. The van der Waals surface area contributed by atoms with Gasteiger partial charge in [0.15, 0.2) is 0 Å². The standard InChI is InChI=1S/C26H22ClFN4O3S/c27-19-8-6-18(7-9-19)24(34)30-32-22(16-23(33)29-15-14-17-4-2-1-3-5-17)25(35)31(26(32)36)21-12-10-20(28)11-13-21/h1-13,22H,14-16H2,(H,29,33)(H,30,34). The van der Waals surface area contributed by atoms with E-state index in [4.69, 9.17) is 23.8 Å². The number of benzene rings is 3. The van der Waals surface area contributed by atoms with Gasteiger partial charge in [0, 0.05) is 17.1 Å². The Morgan fingerprint density at radius 3 is 2.31 bits per heavy atom. The van der Waals surface area contributed by atoms with Crippen LogP contribution in [0.5, 0.6) is 0 Å². The Morgan fingerprint density at radius 2 is 1.64 bits per heavy atom. The number of nitrogens with zero attached hydrogens (tertiary/aromatic N) is 2. The maximum atomic E-state index is 13.5. The molecule has 10 heteroatoms. The molecule has 1 fully saturated rings. The van der Waals surface area contributed by atoms with E-state index in [2.05, 4.69) is 10.7 Å². The molecule has 184 valence electrons. The average molecular weight is 525 g/mol. The fourth-order valence-corrected chi connectivity index (χ4v) is 4.24. The minimum atomic E-state index is -1.09. The monoisotopic (exact) mass is 524 g/mol. The molecular formula is C26H22ClFN4O3S. The number of carbonyl (C=O) groups excluding carboxylic acids is 3. The number of amides is 3. The number of nitrogens with one attached hydrogen (secondary N) is 2. The van der Waals surface area contributed by atoms with Crippen LogP contribution < -0.4 is 15.6 Å². The molecule has 3 aromatic rings. The molecule has 36 heavy (non-hydrogen) atoms. The molecule has 0 spiro atoms. The fraction of sp³-hybridized carbons (Fsp3) is 0.154. The zero-order valence-electron chi connectivity index (χ0n) is 19.0. The number of hydrazine groups is 1. The van der Waals surface area contributed by atoms with Gasteiger partial charge >= 0.3 is 0 Å². The number of anilines is 1. The summed E-state index contributed by atoms with van der Waals surface area (Å²) < 4.78 is 13.5. The summed E-state index contributed by atoms with van der Waals surface area (Å²) >= 11 is 11.4. The molecule has 1 saturated heterocycles. The predicted molar refractivity (Wildman–Crippen MR) is 139 cm³/mol. The van der Waals surface area contributed by atoms with Crippen LogP contribution >= 0.6 is 23.8 Å². The summed E-state index contributed by atoms with van der Waals surface area (Å²) in [7, 11) is 0. The first-order valence-electron chi connectivity index (χ1n) is 11.1. The lowest BCUT2D eigenvalue weighted by Gasteiger charge is -2.24. The molecule has 3 amide bonds. The SMILES string of the molecule is O=C(CC1C(=O)N(c2ccc(F)cc2)C(=S)N1NC(=O)c1ccc(Cl)cc1)NCCc1ccccc1. The maximum Gasteiger partial charge on any atom is 0.269 e. The number of thiocarbonyl (C=S) groups is 1. The summed E-state index contributed by atoms with van der Waals surface area (Å²) in [5.41, 5.74) is 4.32. The van der Waals surface area contributed by atoms with Crippen LogP contribution in [0, 0.1) is 5.82 Å². The van der Waals surface area contributed by atoms with Crippen LogP contribution in [0.4, 0.5) is 10.1 Å². The van der Waals surface area contributed by atoms with Crippen molar-refractivity contribution < 1.29 is 18.8 Å². The van der Waals surface area contributed by atoms with Crippen molar-refractivity contribution >= 4 is 52.3 Å². The molecule has 2 N–H and O–H groups in total. The Balaban J connectivity index is 1.51. The molecule has 1 aliphatic heterocycles. The van der Waals surface area contributed by atoms with Gasteiger partial charge in [0.25, 0.3) is 11.8 Å². The quantitative estimate of drug-likeness (QED) is 0.437. The van der Waals surface area contributed by atoms with Gasteiger partial charge in [-0.2, -0.15) is 0 Å². The van der Waals surface area contributed by atoms with E-state index < -0.39 is 23.7 Å². The van der Waals surface area contributed by atoms with Crippen LogP contribution in [0.15, 0.2) is 78.9 Å². The third kappa shape index (κ3) is 5.87. The number of hydrogen-bond acceptors (Lipinski definition) is 4. The van der Waals surface area contributed by atoms with Gasteiger partial charge < -0.3 is 5.32 Å². The van der Waals surface area contributed by atoms with Gasteiger partial charge in [-0.25, -0.2) is 9.40 Å². The predicted octanol–water partition coefficient (Wildman–Crippen LogP) is 3.88. The summed E-state index contributed by atoms with van der Waals surface area (Å²) in [6.07, 6.45) is 0.384. The summed E-state index contributed by atoms with van der Waals surface area (Å²) in [6, 6.07) is 20.0. The molecule has 7 nitrogen and oxygen atoms in total. The van der Waals surface area contributed by atoms with E-state index >= 15 is 0 Å². The highest BCUT2D eigenvalue weighted by Crippen LogP contribution is 2.26. The zero-order valence-corrected chi connectivity index (χ0v) is 20.6. The van der Waals surface area contributed by atoms with E-state index in [-0.39, 0.29) is 17.4 Å². The average Bonchev–Trinajstić information content (AvgIpc) is 3.09. The van der Waals surface area contributed by atoms with Crippen molar-refractivity contribution in [2.24, 2.45) is 0 Å². The number of carbonyl (C=O) groups is 3. The van der Waals surface area contributed by atoms with Gasteiger partial charge in [-0.15, -0.1) is 0 Å². The topological polar surface area (TPSA) is 81.8 Å². The van der Waals surface area contributed by atoms with Crippen molar-refractivity contribution in [3.8, 4) is 0 Å². The number of halogens is 2. The van der Waals surface area contributed by atoms with E-state index in [1.54, 1.807) is 12.1 Å². The molecule has 1 aliphatic rings. The first-order valence-corrected chi connectivity index (χ1v) is 11.9. The van der Waals surface area contributed by atoms with Gasteiger partial charge in [0.2, 0.25) is 11.0 Å². The molecule has 0 aliphatic carbocycles. The molecule has 0 aromatic heterocycles. The van der Waals surface area contributed by atoms with E-state index in [9.17, 15) is 18.8 Å². The van der Waals surface area contributed by atoms with Crippen LogP contribution in [0.25, 0.3) is 0 Å². The highest BCUT2D eigenvalue weighted by molar-refractivity contribution is 7.80. The smallest absolute Gasteiger partial charge is 0.269 e. The highest BCUT2D eigenvalue weighted by Gasteiger charge is 2.45. The molecule has 0 saturated carbocycles. The largest absolute Gasteiger partial charge is 0.356 e. The van der Waals surface area contributed by atoms with Crippen molar-refractivity contribution in [2.45, 2.75) is 18.9 Å². The van der Waals surface area contributed by atoms with Crippen molar-refractivity contribution in [1.82, 2.24) is 15.8 Å². The van der Waals surface area contributed by atoms with Crippen molar-refractivity contribution in [2.75, 3.05) is 11.4 Å². The Hall–Kier alpha value is -3.82. The van der Waals surface area contributed by atoms with E-state index in [0.29, 0.717) is 29.2 Å². The van der Waals surface area contributed by atoms with Crippen molar-refractivity contribution in [3.63, 3.8) is 0 Å². The molecule has 4 rings (SSSR count). The minimum Gasteiger partial charge on any atom is -0.356 e. The molecule has 1 unspecified atom stereocenters. The third-order valence-corrected chi connectivity index (χ3v) is 6.22. The highest BCUT2D eigenvalue weighted by atomic mass is 35.5. The number of rotatable bonds is 8. The number of hydrogen-bond donors (Lipinski definition) is 2. The van der Waals surface area contributed by atoms with E-state index in [1.807, 2.05) is 30.3 Å². The minimum absolute atomic E-state index is 0.0315. The Labute approximate surface area is 217 Å². The van der Waals surface area contributed by atoms with Gasteiger partial charge in [0.1, 0.15) is 11.9 Å².